The van der Waals surface area contributed by atoms with E-state index in [-0.39, 0.29) is 34.6 Å². The van der Waals surface area contributed by atoms with Crippen LogP contribution < -0.4 is 19.5 Å². The monoisotopic (exact) mass is 453 g/mol. The normalized spacial score (nSPS) is 12.8. The standard InChI is InChI=1S/C20H17Cl2NO7/c1-10(24)13-6-17-18(29-9-28-17)7-15(13)23-19(25)8-27-20(26)11(2)30-16-4-3-12(21)5-14(16)22/h3-7,11H,8-9H2,1-2H3,(H,23,25). The molecule has 158 valence electrons. The molecule has 0 radical (unpaired) electrons. The number of anilines is 1. The Morgan fingerprint density at radius 3 is 2.50 bits per heavy atom. The molecule has 0 spiro atoms. The second-order valence-electron chi connectivity index (χ2n) is 6.30. The van der Waals surface area contributed by atoms with Crippen molar-refractivity contribution in [3.05, 3.63) is 45.9 Å². The zero-order valence-corrected chi connectivity index (χ0v) is 17.5. The summed E-state index contributed by atoms with van der Waals surface area (Å²) in [5, 5.41) is 3.19. The molecule has 0 aliphatic carbocycles. The van der Waals surface area contributed by atoms with E-state index in [1.54, 1.807) is 6.07 Å². The van der Waals surface area contributed by atoms with Gasteiger partial charge >= 0.3 is 5.97 Å². The van der Waals surface area contributed by atoms with E-state index in [4.69, 9.17) is 42.1 Å². The molecule has 2 aromatic carbocycles. The smallest absolute Gasteiger partial charge is 0.347 e. The van der Waals surface area contributed by atoms with Crippen LogP contribution in [0.5, 0.6) is 17.2 Å². The van der Waals surface area contributed by atoms with Gasteiger partial charge in [-0.15, -0.1) is 0 Å². The van der Waals surface area contributed by atoms with Gasteiger partial charge in [-0.05, 0) is 38.1 Å². The summed E-state index contributed by atoms with van der Waals surface area (Å²) in [6.45, 7) is 2.26. The van der Waals surface area contributed by atoms with Crippen molar-refractivity contribution in [3.63, 3.8) is 0 Å². The molecule has 2 aromatic rings. The number of esters is 1. The average Bonchev–Trinajstić information content (AvgIpc) is 3.14. The summed E-state index contributed by atoms with van der Waals surface area (Å²) >= 11 is 11.8. The van der Waals surface area contributed by atoms with Crippen molar-refractivity contribution in [2.75, 3.05) is 18.7 Å². The zero-order chi connectivity index (χ0) is 21.8. The van der Waals surface area contributed by atoms with Gasteiger partial charge < -0.3 is 24.3 Å². The summed E-state index contributed by atoms with van der Waals surface area (Å²) in [4.78, 5) is 36.2. The van der Waals surface area contributed by atoms with Crippen molar-refractivity contribution >= 4 is 46.5 Å². The van der Waals surface area contributed by atoms with Gasteiger partial charge in [0.15, 0.2) is 30.0 Å². The van der Waals surface area contributed by atoms with Crippen LogP contribution in [-0.4, -0.2) is 37.2 Å². The molecule has 1 heterocycles. The quantitative estimate of drug-likeness (QED) is 0.501. The summed E-state index contributed by atoms with van der Waals surface area (Å²) in [6.07, 6.45) is -1.02. The maximum atomic E-state index is 12.2. The van der Waals surface area contributed by atoms with Gasteiger partial charge in [0.05, 0.1) is 10.7 Å². The van der Waals surface area contributed by atoms with Gasteiger partial charge in [-0.3, -0.25) is 9.59 Å². The summed E-state index contributed by atoms with van der Waals surface area (Å²) in [5.41, 5.74) is 0.470. The maximum Gasteiger partial charge on any atom is 0.347 e. The van der Waals surface area contributed by atoms with E-state index < -0.39 is 24.6 Å². The molecule has 0 saturated heterocycles. The molecule has 1 aliphatic heterocycles. The molecule has 8 nitrogen and oxygen atoms in total. The summed E-state index contributed by atoms with van der Waals surface area (Å²) in [6, 6.07) is 7.52. The summed E-state index contributed by atoms with van der Waals surface area (Å²) < 4.78 is 20.9. The molecule has 0 fully saturated rings. The van der Waals surface area contributed by atoms with Gasteiger partial charge in [-0.1, -0.05) is 23.2 Å². The number of nitrogens with one attached hydrogen (secondary N) is 1. The van der Waals surface area contributed by atoms with Crippen LogP contribution in [0.15, 0.2) is 30.3 Å². The number of ketones is 1. The third kappa shape index (κ3) is 5.14. The number of ether oxygens (including phenoxy) is 4. The van der Waals surface area contributed by atoms with E-state index in [1.807, 2.05) is 0 Å². The van der Waals surface area contributed by atoms with Gasteiger partial charge in [0.2, 0.25) is 6.79 Å². The molecule has 1 atom stereocenters. The maximum absolute atomic E-state index is 12.2. The van der Waals surface area contributed by atoms with Crippen LogP contribution in [0.3, 0.4) is 0 Å². The van der Waals surface area contributed by atoms with Crippen LogP contribution in [0.4, 0.5) is 5.69 Å². The number of rotatable bonds is 7. The van der Waals surface area contributed by atoms with E-state index >= 15 is 0 Å². The second kappa shape index (κ2) is 9.23. The molecule has 0 bridgehead atoms. The first-order valence-electron chi connectivity index (χ1n) is 8.77. The highest BCUT2D eigenvalue weighted by Crippen LogP contribution is 2.37. The van der Waals surface area contributed by atoms with Crippen molar-refractivity contribution in [2.45, 2.75) is 20.0 Å². The highest BCUT2D eigenvalue weighted by atomic mass is 35.5. The molecule has 1 aliphatic rings. The van der Waals surface area contributed by atoms with Crippen molar-refractivity contribution in [1.29, 1.82) is 0 Å². The lowest BCUT2D eigenvalue weighted by molar-refractivity contribution is -0.153. The number of halogens is 2. The van der Waals surface area contributed by atoms with Gasteiger partial charge in [0.1, 0.15) is 5.75 Å². The van der Waals surface area contributed by atoms with Crippen LogP contribution in [0.2, 0.25) is 10.0 Å². The van der Waals surface area contributed by atoms with Gasteiger partial charge in [-0.2, -0.15) is 0 Å². The van der Waals surface area contributed by atoms with Crippen LogP contribution in [0, 0.1) is 0 Å². The molecule has 1 unspecified atom stereocenters. The Labute approximate surface area is 181 Å². The second-order valence-corrected chi connectivity index (χ2v) is 7.14. The Balaban J connectivity index is 1.58. The molecule has 30 heavy (non-hydrogen) atoms. The van der Waals surface area contributed by atoms with Crippen LogP contribution in [0.1, 0.15) is 24.2 Å². The Morgan fingerprint density at radius 2 is 1.83 bits per heavy atom. The predicted octanol–water partition coefficient (Wildman–Crippen LogP) is 3.87. The molecule has 1 N–H and O–H groups in total. The predicted molar refractivity (Wildman–Crippen MR) is 109 cm³/mol. The first-order valence-corrected chi connectivity index (χ1v) is 9.53. The molecule has 0 saturated carbocycles. The van der Waals surface area contributed by atoms with Gasteiger partial charge in [-0.25, -0.2) is 4.79 Å². The fourth-order valence-electron chi connectivity index (χ4n) is 2.59. The van der Waals surface area contributed by atoms with E-state index in [9.17, 15) is 14.4 Å². The summed E-state index contributed by atoms with van der Waals surface area (Å²) in [7, 11) is 0. The molecular weight excluding hydrogens is 437 g/mol. The van der Waals surface area contributed by atoms with Crippen LogP contribution in [0.25, 0.3) is 0 Å². The molecular formula is C20H17Cl2NO7. The Hall–Kier alpha value is -2.97. The Bertz CT molecular complexity index is 1010. The fraction of sp³-hybridized carbons (Fsp3) is 0.250. The van der Waals surface area contributed by atoms with E-state index in [0.29, 0.717) is 16.5 Å². The van der Waals surface area contributed by atoms with Crippen LogP contribution in [-0.2, 0) is 14.3 Å². The number of carbonyl (C=O) groups excluding carboxylic acids is 3. The minimum Gasteiger partial charge on any atom is -0.477 e. The number of hydrogen-bond donors (Lipinski definition) is 1. The van der Waals surface area contributed by atoms with Crippen molar-refractivity contribution in [3.8, 4) is 17.2 Å². The molecule has 10 heteroatoms. The number of hydrogen-bond acceptors (Lipinski definition) is 7. The number of Topliss-reactive ketones (excluding diaryl/α,β-unsaturated/α-hetero) is 1. The third-order valence-corrected chi connectivity index (χ3v) is 4.57. The first-order chi connectivity index (χ1) is 14.2. The fourth-order valence-corrected chi connectivity index (χ4v) is 3.04. The topological polar surface area (TPSA) is 100 Å². The highest BCUT2D eigenvalue weighted by molar-refractivity contribution is 6.35. The van der Waals surface area contributed by atoms with E-state index in [0.717, 1.165) is 0 Å². The summed E-state index contributed by atoms with van der Waals surface area (Å²) in [5.74, 6) is -0.621. The average molecular weight is 454 g/mol. The van der Waals surface area contributed by atoms with Crippen molar-refractivity contribution in [1.82, 2.24) is 0 Å². The number of fused-ring (bicyclic) bond motifs is 1. The van der Waals surface area contributed by atoms with Crippen molar-refractivity contribution < 1.29 is 33.3 Å². The SMILES string of the molecule is CC(=O)c1cc2c(cc1NC(=O)COC(=O)C(C)Oc1ccc(Cl)cc1Cl)OCO2. The lowest BCUT2D eigenvalue weighted by Gasteiger charge is -2.15. The lowest BCUT2D eigenvalue weighted by Crippen LogP contribution is -2.30. The van der Waals surface area contributed by atoms with Crippen LogP contribution >= 0.6 is 23.2 Å². The van der Waals surface area contributed by atoms with Crippen molar-refractivity contribution in [2.24, 2.45) is 0 Å². The number of benzene rings is 2. The lowest BCUT2D eigenvalue weighted by atomic mass is 10.1. The number of amides is 1. The van der Waals surface area contributed by atoms with E-state index in [2.05, 4.69) is 5.32 Å². The Kier molecular flexibility index (Phi) is 6.69. The number of carbonyl (C=O) groups is 3. The van der Waals surface area contributed by atoms with E-state index in [1.165, 1.54) is 38.1 Å². The molecule has 3 rings (SSSR count). The Morgan fingerprint density at radius 1 is 1.13 bits per heavy atom. The minimum absolute atomic E-state index is 0.0250. The highest BCUT2D eigenvalue weighted by Gasteiger charge is 2.22. The largest absolute Gasteiger partial charge is 0.477 e. The molecule has 0 aromatic heterocycles. The molecule has 1 amide bonds. The third-order valence-electron chi connectivity index (χ3n) is 4.04. The van der Waals surface area contributed by atoms with Gasteiger partial charge in [0.25, 0.3) is 5.91 Å². The minimum atomic E-state index is -1.02. The zero-order valence-electron chi connectivity index (χ0n) is 16.0. The van der Waals surface area contributed by atoms with Gasteiger partial charge in [0, 0.05) is 16.7 Å². The first kappa shape index (κ1) is 21.7.